The molecular weight excluding hydrogens is 254 g/mol. The van der Waals surface area contributed by atoms with Crippen LogP contribution in [-0.4, -0.2) is 42.0 Å². The van der Waals surface area contributed by atoms with Crippen molar-refractivity contribution in [1.82, 2.24) is 15.5 Å². The van der Waals surface area contributed by atoms with Crippen LogP contribution in [0.5, 0.6) is 0 Å². The summed E-state index contributed by atoms with van der Waals surface area (Å²) in [4.78, 5) is 25.7. The normalized spacial score (nSPS) is 25.8. The third-order valence-electron chi connectivity index (χ3n) is 4.39. The molecule has 0 saturated carbocycles. The van der Waals surface area contributed by atoms with Gasteiger partial charge < -0.3 is 10.6 Å². The first-order chi connectivity index (χ1) is 9.69. The van der Waals surface area contributed by atoms with Gasteiger partial charge in [0.2, 0.25) is 0 Å². The number of hydrogen-bond acceptors (Lipinski definition) is 3. The predicted octanol–water partition coefficient (Wildman–Crippen LogP) is 2.02. The molecule has 0 aromatic heterocycles. The monoisotopic (exact) mass is 281 g/mol. The van der Waals surface area contributed by atoms with E-state index in [2.05, 4.69) is 17.6 Å². The van der Waals surface area contributed by atoms with Crippen molar-refractivity contribution < 1.29 is 9.59 Å². The minimum atomic E-state index is -0.641. The number of amides is 3. The highest BCUT2D eigenvalue weighted by Crippen LogP contribution is 2.24. The minimum absolute atomic E-state index is 0.0292. The molecule has 1 spiro atoms. The third kappa shape index (κ3) is 3.32. The number of nitrogens with one attached hydrogen (secondary N) is 2. The molecule has 1 unspecified atom stereocenters. The first-order valence-electron chi connectivity index (χ1n) is 8.04. The van der Waals surface area contributed by atoms with Gasteiger partial charge in [0.1, 0.15) is 5.54 Å². The zero-order valence-electron chi connectivity index (χ0n) is 12.5. The zero-order chi connectivity index (χ0) is 14.4. The zero-order valence-corrected chi connectivity index (χ0v) is 12.5. The molecule has 5 nitrogen and oxygen atoms in total. The lowest BCUT2D eigenvalue weighted by atomic mass is 9.99. The fourth-order valence-corrected chi connectivity index (χ4v) is 3.09. The molecule has 2 N–H and O–H groups in total. The van der Waals surface area contributed by atoms with Crippen LogP contribution in [0.3, 0.4) is 0 Å². The van der Waals surface area contributed by atoms with E-state index < -0.39 is 5.54 Å². The molecule has 20 heavy (non-hydrogen) atoms. The second kappa shape index (κ2) is 7.07. The van der Waals surface area contributed by atoms with E-state index >= 15 is 0 Å². The molecule has 1 atom stereocenters. The van der Waals surface area contributed by atoms with E-state index in [4.69, 9.17) is 0 Å². The van der Waals surface area contributed by atoms with E-state index in [1.54, 1.807) is 0 Å². The molecule has 2 aliphatic rings. The van der Waals surface area contributed by atoms with Gasteiger partial charge in [-0.15, -0.1) is 0 Å². The molecule has 2 aliphatic heterocycles. The number of unbranched alkanes of at least 4 members (excludes halogenated alkanes) is 6. The highest BCUT2D eigenvalue weighted by Gasteiger charge is 2.52. The number of nitrogens with zero attached hydrogens (tertiary/aromatic N) is 1. The van der Waals surface area contributed by atoms with Gasteiger partial charge in [-0.2, -0.15) is 0 Å². The van der Waals surface area contributed by atoms with Crippen LogP contribution < -0.4 is 10.6 Å². The first kappa shape index (κ1) is 15.3. The van der Waals surface area contributed by atoms with Crippen LogP contribution >= 0.6 is 0 Å². The second-order valence-electron chi connectivity index (χ2n) is 6.02. The summed E-state index contributed by atoms with van der Waals surface area (Å²) < 4.78 is 0. The quantitative estimate of drug-likeness (QED) is 0.528. The standard InChI is InChI=1S/C15H27N3O2/c1-2-3-4-5-6-7-8-11-18-13(19)15(17-14(18)20)9-10-16-12-15/h16H,2-12H2,1H3,(H,17,20). The molecule has 0 radical (unpaired) electrons. The second-order valence-corrected chi connectivity index (χ2v) is 6.02. The van der Waals surface area contributed by atoms with Crippen LogP contribution in [0.2, 0.25) is 0 Å². The number of urea groups is 1. The maximum atomic E-state index is 12.3. The molecule has 2 saturated heterocycles. The number of carbonyl (C=O) groups is 2. The van der Waals surface area contributed by atoms with Crippen molar-refractivity contribution in [3.05, 3.63) is 0 Å². The lowest BCUT2D eigenvalue weighted by molar-refractivity contribution is -0.130. The Hall–Kier alpha value is -1.10. The number of hydrogen-bond donors (Lipinski definition) is 2. The molecule has 3 amide bonds. The molecule has 0 bridgehead atoms. The SMILES string of the molecule is CCCCCCCCCN1C(=O)NC2(CCNC2)C1=O. The molecule has 0 aromatic carbocycles. The minimum Gasteiger partial charge on any atom is -0.322 e. The van der Waals surface area contributed by atoms with Crippen LogP contribution in [0.25, 0.3) is 0 Å². The summed E-state index contributed by atoms with van der Waals surface area (Å²) in [5.74, 6) is -0.0292. The van der Waals surface area contributed by atoms with Crippen LogP contribution in [-0.2, 0) is 4.79 Å². The van der Waals surface area contributed by atoms with Gasteiger partial charge in [0.15, 0.2) is 0 Å². The largest absolute Gasteiger partial charge is 0.325 e. The maximum Gasteiger partial charge on any atom is 0.325 e. The molecule has 5 heteroatoms. The molecule has 2 fully saturated rings. The highest BCUT2D eigenvalue weighted by atomic mass is 16.2. The third-order valence-corrected chi connectivity index (χ3v) is 4.39. The van der Waals surface area contributed by atoms with Gasteiger partial charge in [-0.3, -0.25) is 9.69 Å². The van der Waals surface area contributed by atoms with Gasteiger partial charge in [0.25, 0.3) is 5.91 Å². The van der Waals surface area contributed by atoms with Crippen LogP contribution in [0, 0.1) is 0 Å². The Morgan fingerprint density at radius 3 is 2.45 bits per heavy atom. The van der Waals surface area contributed by atoms with E-state index in [1.165, 1.54) is 37.0 Å². The summed E-state index contributed by atoms with van der Waals surface area (Å²) in [5.41, 5.74) is -0.641. The highest BCUT2D eigenvalue weighted by molar-refractivity contribution is 6.07. The lowest BCUT2D eigenvalue weighted by Crippen LogP contribution is -2.48. The van der Waals surface area contributed by atoms with Crippen molar-refractivity contribution in [1.29, 1.82) is 0 Å². The van der Waals surface area contributed by atoms with Gasteiger partial charge in [0, 0.05) is 13.1 Å². The Balaban J connectivity index is 1.68. The lowest BCUT2D eigenvalue weighted by Gasteiger charge is -2.19. The summed E-state index contributed by atoms with van der Waals surface area (Å²) in [7, 11) is 0. The summed E-state index contributed by atoms with van der Waals surface area (Å²) in [6.45, 7) is 4.16. The maximum absolute atomic E-state index is 12.3. The Morgan fingerprint density at radius 2 is 1.80 bits per heavy atom. The summed E-state index contributed by atoms with van der Waals surface area (Å²) in [5, 5.41) is 6.03. The Kier molecular flexibility index (Phi) is 5.40. The summed E-state index contributed by atoms with van der Waals surface area (Å²) in [6, 6.07) is -0.204. The van der Waals surface area contributed by atoms with Crippen molar-refractivity contribution >= 4 is 11.9 Å². The molecule has 2 heterocycles. The first-order valence-corrected chi connectivity index (χ1v) is 8.04. The van der Waals surface area contributed by atoms with Crippen molar-refractivity contribution in [2.24, 2.45) is 0 Å². The molecule has 0 aromatic rings. The van der Waals surface area contributed by atoms with Crippen molar-refractivity contribution in [3.8, 4) is 0 Å². The Labute approximate surface area is 121 Å². The van der Waals surface area contributed by atoms with Crippen LogP contribution in [0.1, 0.15) is 58.3 Å². The summed E-state index contributed by atoms with van der Waals surface area (Å²) >= 11 is 0. The average molecular weight is 281 g/mol. The van der Waals surface area contributed by atoms with Crippen LogP contribution in [0.15, 0.2) is 0 Å². The molecule has 2 rings (SSSR count). The summed E-state index contributed by atoms with van der Waals surface area (Å²) in [6.07, 6.45) is 9.08. The van der Waals surface area contributed by atoms with E-state index in [-0.39, 0.29) is 11.9 Å². The van der Waals surface area contributed by atoms with Crippen molar-refractivity contribution in [2.75, 3.05) is 19.6 Å². The van der Waals surface area contributed by atoms with Crippen LogP contribution in [0.4, 0.5) is 4.79 Å². The van der Waals surface area contributed by atoms with E-state index in [9.17, 15) is 9.59 Å². The van der Waals surface area contributed by atoms with E-state index in [0.29, 0.717) is 19.5 Å². The smallest absolute Gasteiger partial charge is 0.322 e. The van der Waals surface area contributed by atoms with Crippen molar-refractivity contribution in [3.63, 3.8) is 0 Å². The van der Waals surface area contributed by atoms with Gasteiger partial charge >= 0.3 is 6.03 Å². The number of imide groups is 1. The van der Waals surface area contributed by atoms with Crippen molar-refractivity contribution in [2.45, 2.75) is 63.8 Å². The van der Waals surface area contributed by atoms with E-state index in [0.717, 1.165) is 19.4 Å². The Bertz CT molecular complexity index is 351. The number of rotatable bonds is 8. The van der Waals surface area contributed by atoms with Gasteiger partial charge in [-0.05, 0) is 19.4 Å². The molecule has 114 valence electrons. The fourth-order valence-electron chi connectivity index (χ4n) is 3.09. The number of carbonyl (C=O) groups excluding carboxylic acids is 2. The average Bonchev–Trinajstić information content (AvgIpc) is 2.98. The van der Waals surface area contributed by atoms with E-state index in [1.807, 2.05) is 0 Å². The van der Waals surface area contributed by atoms with Gasteiger partial charge in [-0.1, -0.05) is 45.4 Å². The molecular formula is C15H27N3O2. The fraction of sp³-hybridized carbons (Fsp3) is 0.867. The Morgan fingerprint density at radius 1 is 1.10 bits per heavy atom. The predicted molar refractivity (Wildman–Crippen MR) is 78.5 cm³/mol. The van der Waals surface area contributed by atoms with Gasteiger partial charge in [-0.25, -0.2) is 4.79 Å². The topological polar surface area (TPSA) is 61.4 Å². The van der Waals surface area contributed by atoms with Gasteiger partial charge in [0.05, 0.1) is 0 Å². The molecule has 0 aliphatic carbocycles.